The maximum atomic E-state index is 7.68. The van der Waals surface area contributed by atoms with E-state index in [0.29, 0.717) is 0 Å². The molecule has 8 aromatic rings. The summed E-state index contributed by atoms with van der Waals surface area (Å²) >= 11 is 0. The lowest BCUT2D eigenvalue weighted by atomic mass is 9.43. The van der Waals surface area contributed by atoms with Crippen molar-refractivity contribution in [3.05, 3.63) is 173 Å². The molecule has 1 aromatic heterocycles. The summed E-state index contributed by atoms with van der Waals surface area (Å²) in [5.41, 5.74) is 24.1. The molecular weight excluding hydrogens is 836 g/mol. The van der Waals surface area contributed by atoms with Gasteiger partial charge in [-0.25, -0.2) is 0 Å². The predicted molar refractivity (Wildman–Crippen MR) is 295 cm³/mol. The van der Waals surface area contributed by atoms with Crippen molar-refractivity contribution in [2.45, 2.75) is 136 Å². The molecule has 4 aliphatic rings. The minimum Gasteiger partial charge on any atom is -0.440 e. The molecule has 0 unspecified atom stereocenters. The normalized spacial score (nSPS) is 18.0. The summed E-state index contributed by atoms with van der Waals surface area (Å²) in [7, 11) is 0. The molecule has 0 N–H and O–H groups in total. The van der Waals surface area contributed by atoms with E-state index in [0.717, 1.165) is 36.4 Å². The molecule has 2 aliphatic heterocycles. The highest BCUT2D eigenvalue weighted by atomic mass is 16.4. The van der Waals surface area contributed by atoms with Crippen LogP contribution < -0.4 is 20.6 Å². The summed E-state index contributed by atoms with van der Waals surface area (Å²) in [5, 5.41) is 1.21. The lowest BCUT2D eigenvalue weighted by Crippen LogP contribution is -2.61. The molecule has 0 radical (unpaired) electrons. The van der Waals surface area contributed by atoms with Gasteiger partial charge in [-0.1, -0.05) is 167 Å². The fourth-order valence-corrected chi connectivity index (χ4v) is 12.8. The van der Waals surface area contributed by atoms with Crippen LogP contribution in [0.3, 0.4) is 0 Å². The Morgan fingerprint density at radius 1 is 0.478 bits per heavy atom. The van der Waals surface area contributed by atoms with Crippen LogP contribution in [0.2, 0.25) is 0 Å². The molecule has 0 saturated carbocycles. The molecule has 0 atom stereocenters. The number of aryl methyl sites for hydroxylation is 1. The van der Waals surface area contributed by atoms with Crippen LogP contribution in [0.25, 0.3) is 44.3 Å². The number of benzene rings is 7. The van der Waals surface area contributed by atoms with E-state index in [1.165, 1.54) is 107 Å². The average molecular weight is 903 g/mol. The largest absolute Gasteiger partial charge is 0.440 e. The average Bonchev–Trinajstić information content (AvgIpc) is 3.70. The monoisotopic (exact) mass is 903 g/mol. The number of hydrogen-bond donors (Lipinski definition) is 0. The van der Waals surface area contributed by atoms with E-state index in [4.69, 9.17) is 4.42 Å². The van der Waals surface area contributed by atoms with E-state index in [1.54, 1.807) is 0 Å². The Labute approximate surface area is 411 Å². The first-order valence-corrected chi connectivity index (χ1v) is 25.6. The van der Waals surface area contributed by atoms with Gasteiger partial charge in [0.25, 0.3) is 0 Å². The summed E-state index contributed by atoms with van der Waals surface area (Å²) < 4.78 is 7.68. The van der Waals surface area contributed by atoms with Crippen molar-refractivity contribution in [1.82, 2.24) is 0 Å². The molecule has 0 amide bonds. The van der Waals surface area contributed by atoms with E-state index in [2.05, 4.69) is 232 Å². The number of anilines is 5. The molecule has 69 heavy (non-hydrogen) atoms. The maximum absolute atomic E-state index is 7.68. The van der Waals surface area contributed by atoms with Gasteiger partial charge in [-0.05, 0) is 169 Å². The zero-order valence-electron chi connectivity index (χ0n) is 43.0. The Morgan fingerprint density at radius 2 is 1.09 bits per heavy atom. The van der Waals surface area contributed by atoms with Gasteiger partial charge in [-0.3, -0.25) is 4.90 Å². The summed E-state index contributed by atoms with van der Waals surface area (Å²) in [6.45, 7) is 28.6. The number of fused-ring (bicyclic) bond motifs is 8. The van der Waals surface area contributed by atoms with Crippen LogP contribution in [-0.4, -0.2) is 6.85 Å². The molecular formula is C65H67BN2O. The van der Waals surface area contributed by atoms with Crippen molar-refractivity contribution < 1.29 is 4.42 Å². The molecule has 7 aromatic carbocycles. The smallest absolute Gasteiger partial charge is 0.337 e. The Kier molecular flexibility index (Phi) is 9.48. The third-order valence-corrected chi connectivity index (χ3v) is 17.2. The van der Waals surface area contributed by atoms with E-state index < -0.39 is 0 Å². The minimum atomic E-state index is -0.189. The molecule has 0 fully saturated rings. The van der Waals surface area contributed by atoms with Gasteiger partial charge in [-0.2, -0.15) is 0 Å². The van der Waals surface area contributed by atoms with Gasteiger partial charge in [0.05, 0.1) is 5.69 Å². The van der Waals surface area contributed by atoms with Gasteiger partial charge < -0.3 is 9.23 Å². The molecule has 2 aliphatic carbocycles. The molecule has 12 rings (SSSR count). The quantitative estimate of drug-likeness (QED) is 0.164. The van der Waals surface area contributed by atoms with Crippen molar-refractivity contribution >= 4 is 57.4 Å². The Morgan fingerprint density at radius 3 is 1.74 bits per heavy atom. The van der Waals surface area contributed by atoms with Crippen LogP contribution in [0.15, 0.2) is 144 Å². The maximum Gasteiger partial charge on any atom is 0.337 e. The van der Waals surface area contributed by atoms with E-state index in [1.807, 2.05) is 0 Å². The summed E-state index contributed by atoms with van der Waals surface area (Å²) in [6, 6.07) is 53.7. The topological polar surface area (TPSA) is 19.6 Å². The van der Waals surface area contributed by atoms with Crippen molar-refractivity contribution in [3.8, 4) is 33.4 Å². The van der Waals surface area contributed by atoms with Gasteiger partial charge >= 0.3 is 6.85 Å². The van der Waals surface area contributed by atoms with Crippen LogP contribution in [0.4, 0.5) is 28.6 Å². The molecule has 0 spiro atoms. The first kappa shape index (κ1) is 44.0. The highest BCUT2D eigenvalue weighted by Gasteiger charge is 2.50. The molecule has 346 valence electrons. The second-order valence-electron chi connectivity index (χ2n) is 24.8. The van der Waals surface area contributed by atoms with Crippen LogP contribution >= 0.6 is 0 Å². The van der Waals surface area contributed by atoms with Crippen molar-refractivity contribution in [2.75, 3.05) is 9.71 Å². The second-order valence-corrected chi connectivity index (χ2v) is 24.8. The SMILES string of the molecule is Cc1cc2c3c(c1)N(c1ccc(C(C)(C)C)cc1-c1ccccc1)c1oc4cc5c(cc4c1B3N(c1ccc3c(c1)C(C)(C)CCC3(C)C)c1cc(-c3ccccc3)ccc1-2)C(C)(C)CCC5(C)C. The third-order valence-electron chi connectivity index (χ3n) is 17.2. The van der Waals surface area contributed by atoms with Crippen LogP contribution in [-0.2, 0) is 27.1 Å². The van der Waals surface area contributed by atoms with Gasteiger partial charge in [-0.15, -0.1) is 0 Å². The molecule has 3 heterocycles. The zero-order chi connectivity index (χ0) is 48.2. The molecule has 4 heteroatoms. The Balaban J connectivity index is 1.23. The number of hydrogen-bond acceptors (Lipinski definition) is 3. The lowest BCUT2D eigenvalue weighted by Gasteiger charge is -2.46. The van der Waals surface area contributed by atoms with Crippen LogP contribution in [0, 0.1) is 6.92 Å². The highest BCUT2D eigenvalue weighted by molar-refractivity contribution is 6.95. The van der Waals surface area contributed by atoms with Gasteiger partial charge in [0.2, 0.25) is 5.88 Å². The second kappa shape index (κ2) is 14.9. The zero-order valence-corrected chi connectivity index (χ0v) is 43.0. The Hall–Kier alpha value is -6.26. The first-order chi connectivity index (χ1) is 32.7. The molecule has 3 nitrogen and oxygen atoms in total. The first-order valence-electron chi connectivity index (χ1n) is 25.6. The fourth-order valence-electron chi connectivity index (χ4n) is 12.8. The standard InChI is InChI=1S/C65H67BN2O/c1-40-33-48-46-26-23-43(41-19-15-13-16-20-41)35-55(46)68(45-25-27-50-51(37-45)63(7,8)30-29-62(50,5)6)66-58(48)56(34-40)67(54-28-24-44(61(2,3)4)36-47(54)42-21-17-14-18-22-42)60-59(66)49-38-52-53(39-57(49)69-60)65(11,12)32-31-64(52,9)10/h13-28,33-39H,29-32H2,1-12H3. The predicted octanol–water partition coefficient (Wildman–Crippen LogP) is 16.8. The molecule has 0 bridgehead atoms. The van der Waals surface area contributed by atoms with Gasteiger partial charge in [0.15, 0.2) is 0 Å². The van der Waals surface area contributed by atoms with Gasteiger partial charge in [0.1, 0.15) is 5.58 Å². The van der Waals surface area contributed by atoms with Crippen molar-refractivity contribution in [2.24, 2.45) is 0 Å². The third kappa shape index (κ3) is 6.75. The summed E-state index contributed by atoms with van der Waals surface area (Å²) in [6.07, 6.45) is 4.62. The van der Waals surface area contributed by atoms with E-state index >= 15 is 0 Å². The number of nitrogens with zero attached hydrogens (tertiary/aromatic N) is 2. The molecule has 0 saturated heterocycles. The van der Waals surface area contributed by atoms with Crippen LogP contribution in [0.5, 0.6) is 0 Å². The van der Waals surface area contributed by atoms with Crippen molar-refractivity contribution in [1.29, 1.82) is 0 Å². The summed E-state index contributed by atoms with van der Waals surface area (Å²) in [5.74, 6) is 0.907. The van der Waals surface area contributed by atoms with Crippen molar-refractivity contribution in [3.63, 3.8) is 0 Å². The van der Waals surface area contributed by atoms with Gasteiger partial charge in [0, 0.05) is 39.0 Å². The summed E-state index contributed by atoms with van der Waals surface area (Å²) in [4.78, 5) is 5.24. The van der Waals surface area contributed by atoms with E-state index in [-0.39, 0.29) is 33.9 Å². The minimum absolute atomic E-state index is 0.0152. The Bertz CT molecular complexity index is 3400. The fraction of sp³-hybridized carbons (Fsp3) is 0.323. The number of furan rings is 1. The number of rotatable bonds is 4. The highest BCUT2D eigenvalue weighted by Crippen LogP contribution is 2.54. The van der Waals surface area contributed by atoms with E-state index in [9.17, 15) is 0 Å². The lowest BCUT2D eigenvalue weighted by molar-refractivity contribution is 0.332. The van der Waals surface area contributed by atoms with Crippen LogP contribution in [0.1, 0.15) is 135 Å².